The van der Waals surface area contributed by atoms with E-state index in [1.807, 2.05) is 0 Å². The first-order valence-electron chi connectivity index (χ1n) is 8.74. The molecular formula is C19H16FN7O2. The highest BCUT2D eigenvalue weighted by atomic mass is 19.1. The topological polar surface area (TPSA) is 133 Å². The fraction of sp³-hybridized carbons (Fsp3) is 0.158. The molecule has 0 radical (unpaired) electrons. The van der Waals surface area contributed by atoms with E-state index in [1.54, 1.807) is 41.2 Å². The Bertz CT molecular complexity index is 1220. The number of aromatic nitrogens is 6. The molecule has 0 saturated carbocycles. The second kappa shape index (κ2) is 7.23. The van der Waals surface area contributed by atoms with E-state index in [4.69, 9.17) is 10.8 Å². The van der Waals surface area contributed by atoms with Crippen LogP contribution >= 0.6 is 0 Å². The van der Waals surface area contributed by atoms with Crippen LogP contribution in [0.3, 0.4) is 0 Å². The van der Waals surface area contributed by atoms with E-state index in [9.17, 15) is 9.18 Å². The molecule has 29 heavy (non-hydrogen) atoms. The minimum atomic E-state index is -1.08. The van der Waals surface area contributed by atoms with Crippen LogP contribution in [-0.4, -0.2) is 41.0 Å². The molecule has 0 aliphatic rings. The van der Waals surface area contributed by atoms with Crippen molar-refractivity contribution in [2.75, 3.05) is 5.73 Å². The number of nitrogens with two attached hydrogens (primary N) is 1. The third-order valence-corrected chi connectivity index (χ3v) is 4.52. The number of anilines is 1. The Morgan fingerprint density at radius 3 is 2.76 bits per heavy atom. The van der Waals surface area contributed by atoms with Crippen LogP contribution in [0.25, 0.3) is 22.6 Å². The number of pyridine rings is 1. The summed E-state index contributed by atoms with van der Waals surface area (Å²) < 4.78 is 15.6. The van der Waals surface area contributed by atoms with Crippen LogP contribution < -0.4 is 5.73 Å². The number of nitrogen functional groups attached to an aromatic ring is 1. The summed E-state index contributed by atoms with van der Waals surface area (Å²) in [5, 5.41) is 22.2. The largest absolute Gasteiger partial charge is 0.481 e. The Balaban J connectivity index is 1.80. The molecular weight excluding hydrogens is 377 g/mol. The first kappa shape index (κ1) is 18.4. The van der Waals surface area contributed by atoms with Crippen molar-refractivity contribution in [1.82, 2.24) is 29.9 Å². The van der Waals surface area contributed by atoms with Gasteiger partial charge in [-0.3, -0.25) is 4.79 Å². The number of carboxylic acids is 1. The van der Waals surface area contributed by atoms with Gasteiger partial charge in [0.15, 0.2) is 11.5 Å². The van der Waals surface area contributed by atoms with Gasteiger partial charge in [0.05, 0.1) is 11.9 Å². The molecule has 0 amide bonds. The fourth-order valence-electron chi connectivity index (χ4n) is 2.94. The van der Waals surface area contributed by atoms with Gasteiger partial charge in [-0.1, -0.05) is 18.2 Å². The van der Waals surface area contributed by atoms with Crippen LogP contribution in [0.2, 0.25) is 0 Å². The van der Waals surface area contributed by atoms with Gasteiger partial charge in [-0.05, 0) is 25.1 Å². The molecule has 1 atom stereocenters. The van der Waals surface area contributed by atoms with Crippen molar-refractivity contribution in [2.45, 2.75) is 19.4 Å². The van der Waals surface area contributed by atoms with Gasteiger partial charge in [-0.15, -0.1) is 10.2 Å². The minimum Gasteiger partial charge on any atom is -0.481 e. The Morgan fingerprint density at radius 1 is 1.24 bits per heavy atom. The Hall–Kier alpha value is -3.95. The monoisotopic (exact) mass is 393 g/mol. The predicted octanol–water partition coefficient (Wildman–Crippen LogP) is 2.24. The molecule has 146 valence electrons. The molecule has 4 aromatic rings. The molecule has 0 fully saturated rings. The van der Waals surface area contributed by atoms with E-state index in [-0.39, 0.29) is 29.7 Å². The smallest absolute Gasteiger partial charge is 0.312 e. The molecule has 10 heteroatoms. The van der Waals surface area contributed by atoms with Crippen molar-refractivity contribution in [3.8, 4) is 11.5 Å². The van der Waals surface area contributed by atoms with Crippen molar-refractivity contribution in [2.24, 2.45) is 0 Å². The summed E-state index contributed by atoms with van der Waals surface area (Å²) in [5.41, 5.74) is 7.35. The first-order valence-corrected chi connectivity index (χ1v) is 8.74. The molecule has 0 aliphatic carbocycles. The molecule has 0 aliphatic heterocycles. The van der Waals surface area contributed by atoms with E-state index in [1.165, 1.54) is 13.0 Å². The third-order valence-electron chi connectivity index (χ3n) is 4.52. The lowest BCUT2D eigenvalue weighted by atomic mass is 10.1. The number of fused-ring (bicyclic) bond motifs is 1. The summed E-state index contributed by atoms with van der Waals surface area (Å²) in [7, 11) is 0. The van der Waals surface area contributed by atoms with Crippen molar-refractivity contribution < 1.29 is 14.3 Å². The third kappa shape index (κ3) is 3.35. The van der Waals surface area contributed by atoms with Crippen LogP contribution in [0.15, 0.2) is 42.6 Å². The molecule has 3 aromatic heterocycles. The number of aliphatic carboxylic acids is 1. The van der Waals surface area contributed by atoms with Crippen LogP contribution in [0.1, 0.15) is 24.1 Å². The van der Waals surface area contributed by atoms with Crippen molar-refractivity contribution in [3.63, 3.8) is 0 Å². The molecule has 0 bridgehead atoms. The van der Waals surface area contributed by atoms with Crippen molar-refractivity contribution in [1.29, 1.82) is 0 Å². The number of carboxylic acid groups (broad SMARTS) is 1. The summed E-state index contributed by atoms with van der Waals surface area (Å²) >= 11 is 0. The average Bonchev–Trinajstić information content (AvgIpc) is 3.08. The number of halogens is 1. The van der Waals surface area contributed by atoms with Gasteiger partial charge in [0.1, 0.15) is 23.1 Å². The lowest BCUT2D eigenvalue weighted by Gasteiger charge is -2.07. The lowest BCUT2D eigenvalue weighted by Crippen LogP contribution is -2.14. The van der Waals surface area contributed by atoms with Gasteiger partial charge in [0.2, 0.25) is 5.82 Å². The van der Waals surface area contributed by atoms with Crippen LogP contribution in [0.5, 0.6) is 0 Å². The highest BCUT2D eigenvalue weighted by Crippen LogP contribution is 2.27. The molecule has 1 aromatic carbocycles. The first-order chi connectivity index (χ1) is 14.0. The van der Waals surface area contributed by atoms with Crippen LogP contribution in [0.4, 0.5) is 10.2 Å². The number of carbonyl (C=O) groups is 1. The number of hydrogen-bond donors (Lipinski definition) is 2. The van der Waals surface area contributed by atoms with Crippen molar-refractivity contribution in [3.05, 3.63) is 59.7 Å². The van der Waals surface area contributed by atoms with Gasteiger partial charge >= 0.3 is 5.97 Å². The molecule has 0 spiro atoms. The molecule has 9 nitrogen and oxygen atoms in total. The standard InChI is InChI=1S/C19H16FN7O2/c1-10(19(28)29)14-16(21)23-17(25-24-14)15-12-6-4-8-22-18(12)27(26-15)9-11-5-2-3-7-13(11)20/h2-8,10H,9H2,1H3,(H,28,29)(H2,21,23,25). The lowest BCUT2D eigenvalue weighted by molar-refractivity contribution is -0.138. The van der Waals surface area contributed by atoms with Crippen LogP contribution in [0, 0.1) is 5.82 Å². The normalized spacial score (nSPS) is 12.2. The maximum absolute atomic E-state index is 14.1. The number of rotatable bonds is 5. The Kier molecular flexibility index (Phi) is 4.59. The van der Waals surface area contributed by atoms with Crippen LogP contribution in [-0.2, 0) is 11.3 Å². The number of hydrogen-bond acceptors (Lipinski definition) is 7. The highest BCUT2D eigenvalue weighted by molar-refractivity contribution is 5.89. The molecule has 3 heterocycles. The van der Waals surface area contributed by atoms with Gasteiger partial charge in [-0.2, -0.15) is 5.10 Å². The number of nitrogens with zero attached hydrogens (tertiary/aromatic N) is 6. The fourth-order valence-corrected chi connectivity index (χ4v) is 2.94. The summed E-state index contributed by atoms with van der Waals surface area (Å²) in [6.07, 6.45) is 1.61. The van der Waals surface area contributed by atoms with E-state index < -0.39 is 11.9 Å². The van der Waals surface area contributed by atoms with E-state index in [0.29, 0.717) is 22.3 Å². The minimum absolute atomic E-state index is 0.0365. The zero-order valence-corrected chi connectivity index (χ0v) is 15.3. The van der Waals surface area contributed by atoms with E-state index in [0.717, 1.165) is 0 Å². The van der Waals surface area contributed by atoms with Gasteiger partial charge in [0.25, 0.3) is 0 Å². The maximum atomic E-state index is 14.1. The molecule has 4 rings (SSSR count). The van der Waals surface area contributed by atoms with E-state index >= 15 is 0 Å². The van der Waals surface area contributed by atoms with E-state index in [2.05, 4.69) is 25.3 Å². The number of benzene rings is 1. The summed E-state index contributed by atoms with van der Waals surface area (Å²) in [6.45, 7) is 1.61. The second-order valence-electron chi connectivity index (χ2n) is 6.44. The van der Waals surface area contributed by atoms with Crippen molar-refractivity contribution >= 4 is 22.8 Å². The zero-order valence-electron chi connectivity index (χ0n) is 15.3. The van der Waals surface area contributed by atoms with Gasteiger partial charge in [0, 0.05) is 11.8 Å². The predicted molar refractivity (Wildman–Crippen MR) is 102 cm³/mol. The average molecular weight is 393 g/mol. The quantitative estimate of drug-likeness (QED) is 0.527. The molecule has 1 unspecified atom stereocenters. The SMILES string of the molecule is CC(C(=O)O)c1nnc(-c2nn(Cc3ccccc3F)c3ncccc23)nc1N. The highest BCUT2D eigenvalue weighted by Gasteiger charge is 2.23. The second-order valence-corrected chi connectivity index (χ2v) is 6.44. The Labute approximate surface area is 164 Å². The Morgan fingerprint density at radius 2 is 2.03 bits per heavy atom. The summed E-state index contributed by atoms with van der Waals surface area (Å²) in [5.74, 6) is -2.27. The summed E-state index contributed by atoms with van der Waals surface area (Å²) in [6, 6.07) is 9.93. The van der Waals surface area contributed by atoms with Gasteiger partial charge in [-0.25, -0.2) is 19.0 Å². The summed E-state index contributed by atoms with van der Waals surface area (Å²) in [4.78, 5) is 19.7. The zero-order chi connectivity index (χ0) is 20.5. The molecule has 3 N–H and O–H groups in total. The maximum Gasteiger partial charge on any atom is 0.312 e. The molecule has 0 saturated heterocycles. The van der Waals surface area contributed by atoms with Gasteiger partial charge < -0.3 is 10.8 Å².